The van der Waals surface area contributed by atoms with Gasteiger partial charge in [-0.05, 0) is 34.7 Å². The minimum absolute atomic E-state index is 0.0625. The third kappa shape index (κ3) is 2.59. The highest BCUT2D eigenvalue weighted by Crippen LogP contribution is 2.28. The summed E-state index contributed by atoms with van der Waals surface area (Å²) in [6.07, 6.45) is 1.28. The fourth-order valence-corrected chi connectivity index (χ4v) is 2.53. The highest BCUT2D eigenvalue weighted by molar-refractivity contribution is 14.1. The van der Waals surface area contributed by atoms with Gasteiger partial charge in [0.25, 0.3) is 5.56 Å². The summed E-state index contributed by atoms with van der Waals surface area (Å²) in [7, 11) is 1.37. The van der Waals surface area contributed by atoms with Crippen LogP contribution in [0.1, 0.15) is 10.4 Å². The van der Waals surface area contributed by atoms with E-state index in [0.717, 1.165) is 4.57 Å². The summed E-state index contributed by atoms with van der Waals surface area (Å²) in [5.41, 5.74) is -0.899. The van der Waals surface area contributed by atoms with Crippen molar-refractivity contribution in [3.05, 3.63) is 54.4 Å². The van der Waals surface area contributed by atoms with Crippen molar-refractivity contribution in [1.29, 1.82) is 0 Å². The van der Waals surface area contributed by atoms with E-state index < -0.39 is 17.2 Å². The quantitative estimate of drug-likeness (QED) is 0.759. The van der Waals surface area contributed by atoms with E-state index >= 15 is 0 Å². The van der Waals surface area contributed by atoms with Crippen LogP contribution in [0.5, 0.6) is 5.75 Å². The Morgan fingerprint density at radius 3 is 2.65 bits per heavy atom. The van der Waals surface area contributed by atoms with E-state index in [1.807, 2.05) is 22.6 Å². The van der Waals surface area contributed by atoms with E-state index in [4.69, 9.17) is 4.74 Å². The first-order chi connectivity index (χ1) is 9.43. The lowest BCUT2D eigenvalue weighted by Gasteiger charge is -2.11. The Balaban J connectivity index is 2.73. The van der Waals surface area contributed by atoms with Crippen molar-refractivity contribution in [2.75, 3.05) is 7.11 Å². The molecule has 2 aromatic rings. The Morgan fingerprint density at radius 2 is 2.10 bits per heavy atom. The number of hydrogen-bond donors (Lipinski definition) is 2. The van der Waals surface area contributed by atoms with Gasteiger partial charge in [-0.25, -0.2) is 9.59 Å². The molecule has 0 saturated heterocycles. The number of carboxylic acid groups (broad SMARTS) is 1. The van der Waals surface area contributed by atoms with Crippen molar-refractivity contribution < 1.29 is 14.6 Å². The molecule has 0 fully saturated rings. The van der Waals surface area contributed by atoms with E-state index in [0.29, 0.717) is 9.26 Å². The van der Waals surface area contributed by atoms with Crippen molar-refractivity contribution in [2.45, 2.75) is 0 Å². The standard InChI is InChI=1S/C12H9IN2O5/c1-20-10-7(11(17)18)4-6(5-8(10)13)15-3-2-9(16)14-12(15)19/h2-5H,1H3,(H,17,18)(H,14,16,19). The van der Waals surface area contributed by atoms with Crippen molar-refractivity contribution in [1.82, 2.24) is 9.55 Å². The maximum absolute atomic E-state index is 11.7. The van der Waals surface area contributed by atoms with Crippen LogP contribution in [-0.2, 0) is 0 Å². The first-order valence-electron chi connectivity index (χ1n) is 5.37. The summed E-state index contributed by atoms with van der Waals surface area (Å²) in [6, 6.07) is 4.08. The molecular weight excluding hydrogens is 379 g/mol. The normalized spacial score (nSPS) is 10.3. The van der Waals surface area contributed by atoms with Crippen LogP contribution in [0.2, 0.25) is 0 Å². The zero-order valence-electron chi connectivity index (χ0n) is 10.2. The second kappa shape index (κ2) is 5.49. The Morgan fingerprint density at radius 1 is 1.40 bits per heavy atom. The number of rotatable bonds is 3. The summed E-state index contributed by atoms with van der Waals surface area (Å²) >= 11 is 1.91. The second-order valence-corrected chi connectivity index (χ2v) is 4.96. The average molecular weight is 388 g/mol. The molecule has 0 saturated carbocycles. The number of nitrogens with zero attached hydrogens (tertiary/aromatic N) is 1. The molecule has 2 N–H and O–H groups in total. The smallest absolute Gasteiger partial charge is 0.339 e. The van der Waals surface area contributed by atoms with Gasteiger partial charge in [-0.3, -0.25) is 14.3 Å². The number of halogens is 1. The van der Waals surface area contributed by atoms with Crippen LogP contribution in [0.4, 0.5) is 0 Å². The van der Waals surface area contributed by atoms with Crippen molar-refractivity contribution in [2.24, 2.45) is 0 Å². The first kappa shape index (κ1) is 14.3. The molecule has 0 radical (unpaired) electrons. The highest BCUT2D eigenvalue weighted by Gasteiger charge is 2.16. The van der Waals surface area contributed by atoms with E-state index in [9.17, 15) is 19.5 Å². The number of aromatic carboxylic acids is 1. The van der Waals surface area contributed by atoms with Gasteiger partial charge in [0.05, 0.1) is 16.4 Å². The number of carbonyl (C=O) groups is 1. The zero-order valence-corrected chi connectivity index (χ0v) is 12.4. The molecule has 8 heteroatoms. The van der Waals surface area contributed by atoms with Crippen molar-refractivity contribution in [3.63, 3.8) is 0 Å². The SMILES string of the molecule is COc1c(I)cc(-n2ccc(=O)[nH]c2=O)cc1C(=O)O. The van der Waals surface area contributed by atoms with E-state index in [2.05, 4.69) is 4.98 Å². The molecule has 0 aliphatic rings. The van der Waals surface area contributed by atoms with Crippen LogP contribution < -0.4 is 16.0 Å². The molecule has 20 heavy (non-hydrogen) atoms. The molecule has 1 aromatic heterocycles. The van der Waals surface area contributed by atoms with Gasteiger partial charge in [-0.2, -0.15) is 0 Å². The van der Waals surface area contributed by atoms with Crippen LogP contribution in [0.3, 0.4) is 0 Å². The molecular formula is C12H9IN2O5. The van der Waals surface area contributed by atoms with E-state index in [1.54, 1.807) is 6.07 Å². The molecule has 0 spiro atoms. The fraction of sp³-hybridized carbons (Fsp3) is 0.0833. The number of hydrogen-bond acceptors (Lipinski definition) is 4. The third-order valence-corrected chi connectivity index (χ3v) is 3.37. The minimum Gasteiger partial charge on any atom is -0.495 e. The maximum atomic E-state index is 11.7. The fourth-order valence-electron chi connectivity index (χ4n) is 1.71. The Labute approximate surface area is 126 Å². The molecule has 0 bridgehead atoms. The van der Waals surface area contributed by atoms with E-state index in [1.165, 1.54) is 25.4 Å². The molecule has 2 rings (SSSR count). The van der Waals surface area contributed by atoms with Crippen LogP contribution in [0.25, 0.3) is 5.69 Å². The van der Waals surface area contributed by atoms with Gasteiger partial charge in [-0.1, -0.05) is 0 Å². The van der Waals surface area contributed by atoms with Gasteiger partial charge in [0.15, 0.2) is 0 Å². The molecule has 0 aliphatic carbocycles. The number of benzene rings is 1. The topological polar surface area (TPSA) is 101 Å². The van der Waals surface area contributed by atoms with Gasteiger partial charge >= 0.3 is 11.7 Å². The molecule has 1 heterocycles. The van der Waals surface area contributed by atoms with E-state index in [-0.39, 0.29) is 11.3 Å². The van der Waals surface area contributed by atoms with Crippen molar-refractivity contribution >= 4 is 28.6 Å². The van der Waals surface area contributed by atoms with Gasteiger partial charge in [-0.15, -0.1) is 0 Å². The lowest BCUT2D eigenvalue weighted by atomic mass is 10.1. The van der Waals surface area contributed by atoms with Crippen molar-refractivity contribution in [3.8, 4) is 11.4 Å². The second-order valence-electron chi connectivity index (χ2n) is 3.79. The largest absolute Gasteiger partial charge is 0.495 e. The molecule has 104 valence electrons. The highest BCUT2D eigenvalue weighted by atomic mass is 127. The first-order valence-corrected chi connectivity index (χ1v) is 6.45. The molecule has 0 amide bonds. The third-order valence-electron chi connectivity index (χ3n) is 2.56. The number of ether oxygens (including phenoxy) is 1. The lowest BCUT2D eigenvalue weighted by Crippen LogP contribution is -2.27. The predicted octanol–water partition coefficient (Wildman–Crippen LogP) is 0.837. The lowest BCUT2D eigenvalue weighted by molar-refractivity contribution is 0.0693. The van der Waals surface area contributed by atoms with Gasteiger partial charge in [0.2, 0.25) is 0 Å². The number of methoxy groups -OCH3 is 1. The number of nitrogens with one attached hydrogen (secondary N) is 1. The van der Waals surface area contributed by atoms with Gasteiger partial charge in [0.1, 0.15) is 11.3 Å². The molecule has 0 atom stereocenters. The zero-order chi connectivity index (χ0) is 14.9. The maximum Gasteiger partial charge on any atom is 0.339 e. The molecule has 0 aliphatic heterocycles. The Bertz CT molecular complexity index is 793. The minimum atomic E-state index is -1.17. The van der Waals surface area contributed by atoms with Gasteiger partial charge in [0, 0.05) is 12.3 Å². The summed E-state index contributed by atoms with van der Waals surface area (Å²) in [6.45, 7) is 0. The summed E-state index contributed by atoms with van der Waals surface area (Å²) in [4.78, 5) is 36.1. The van der Waals surface area contributed by atoms with Crippen LogP contribution >= 0.6 is 22.6 Å². The molecule has 7 nitrogen and oxygen atoms in total. The predicted molar refractivity (Wildman–Crippen MR) is 78.9 cm³/mol. The van der Waals surface area contributed by atoms with Crippen LogP contribution in [-0.4, -0.2) is 27.7 Å². The van der Waals surface area contributed by atoms with Gasteiger partial charge < -0.3 is 9.84 Å². The summed E-state index contributed by atoms with van der Waals surface area (Å²) in [5, 5.41) is 9.18. The average Bonchev–Trinajstić information content (AvgIpc) is 2.37. The van der Waals surface area contributed by atoms with Crippen LogP contribution in [0, 0.1) is 3.57 Å². The Hall–Kier alpha value is -2.10. The Kier molecular flexibility index (Phi) is 3.93. The summed E-state index contributed by atoms with van der Waals surface area (Å²) < 4.78 is 6.73. The monoisotopic (exact) mass is 388 g/mol. The number of carboxylic acids is 1. The number of aromatic amines is 1. The molecule has 1 aromatic carbocycles. The number of H-pyrrole nitrogens is 1. The molecule has 0 unspecified atom stereocenters. The summed E-state index contributed by atoms with van der Waals surface area (Å²) in [5.74, 6) is -0.946. The van der Waals surface area contributed by atoms with Crippen LogP contribution in [0.15, 0.2) is 34.0 Å². The number of aromatic nitrogens is 2.